The molecular formula is C17H20FNO. The fourth-order valence-electron chi connectivity index (χ4n) is 2.58. The van der Waals surface area contributed by atoms with E-state index in [2.05, 4.69) is 4.98 Å². The molecule has 2 atom stereocenters. The van der Waals surface area contributed by atoms with E-state index in [4.69, 9.17) is 4.74 Å². The van der Waals surface area contributed by atoms with E-state index in [9.17, 15) is 4.39 Å². The number of benzene rings is 1. The van der Waals surface area contributed by atoms with Crippen LogP contribution in [0.5, 0.6) is 0 Å². The number of fused-ring (bicyclic) bond motifs is 1. The van der Waals surface area contributed by atoms with Gasteiger partial charge in [0, 0.05) is 18.5 Å². The van der Waals surface area contributed by atoms with Crippen LogP contribution in [0, 0.1) is 25.6 Å². The topological polar surface area (TPSA) is 25.0 Å². The number of rotatable bonds is 1. The summed E-state index contributed by atoms with van der Waals surface area (Å²) in [7, 11) is 0. The minimum Gasteiger partial charge on any atom is -0.378 e. The van der Waals surface area contributed by atoms with Gasteiger partial charge in [-0.05, 0) is 73.6 Å². The molecule has 2 aromatic rings. The highest BCUT2D eigenvalue weighted by Gasteiger charge is 2.42. The molecule has 1 aromatic heterocycles. The summed E-state index contributed by atoms with van der Waals surface area (Å²) >= 11 is 0. The molecular weight excluding hydrogens is 253 g/mol. The molecule has 2 unspecified atom stereocenters. The number of nitrogens with one attached hydrogen (secondary N) is 1. The summed E-state index contributed by atoms with van der Waals surface area (Å²) in [6, 6.07) is 7.18. The van der Waals surface area contributed by atoms with Crippen LogP contribution in [0.25, 0.3) is 11.3 Å². The first-order valence-corrected chi connectivity index (χ1v) is 7.16. The fraction of sp³-hybridized carbons (Fsp3) is 0.412. The lowest BCUT2D eigenvalue weighted by Gasteiger charge is -2.00. The van der Waals surface area contributed by atoms with Gasteiger partial charge in [-0.15, -0.1) is 0 Å². The minimum atomic E-state index is -0.156. The van der Waals surface area contributed by atoms with Crippen molar-refractivity contribution in [3.63, 3.8) is 0 Å². The Hall–Kier alpha value is -1.61. The van der Waals surface area contributed by atoms with Gasteiger partial charge in [-0.25, -0.2) is 4.39 Å². The predicted octanol–water partition coefficient (Wildman–Crippen LogP) is 4.23. The highest BCUT2D eigenvalue weighted by molar-refractivity contribution is 5.61. The lowest BCUT2D eigenvalue weighted by atomic mass is 10.1. The van der Waals surface area contributed by atoms with Gasteiger partial charge in [0.25, 0.3) is 0 Å². The highest BCUT2D eigenvalue weighted by atomic mass is 19.1. The number of H-pyrrole nitrogens is 1. The Labute approximate surface area is 119 Å². The average Bonchev–Trinajstić information content (AvgIpc) is 2.85. The molecule has 2 fully saturated rings. The van der Waals surface area contributed by atoms with Crippen molar-refractivity contribution in [3.8, 4) is 11.3 Å². The van der Waals surface area contributed by atoms with E-state index in [1.54, 1.807) is 13.0 Å². The summed E-state index contributed by atoms with van der Waals surface area (Å²) in [6.45, 7) is 4.83. The second-order valence-electron chi connectivity index (χ2n) is 5.75. The van der Waals surface area contributed by atoms with Crippen LogP contribution in [0.2, 0.25) is 0 Å². The molecule has 2 nitrogen and oxygen atoms in total. The number of hydrogen-bond acceptors (Lipinski definition) is 1. The molecule has 2 aliphatic rings. The van der Waals surface area contributed by atoms with Gasteiger partial charge in [0.1, 0.15) is 5.82 Å². The van der Waals surface area contributed by atoms with Gasteiger partial charge < -0.3 is 9.72 Å². The molecule has 1 saturated carbocycles. The third-order valence-electron chi connectivity index (χ3n) is 3.97. The van der Waals surface area contributed by atoms with Crippen molar-refractivity contribution in [1.29, 1.82) is 0 Å². The summed E-state index contributed by atoms with van der Waals surface area (Å²) in [5, 5.41) is 0. The van der Waals surface area contributed by atoms with Crippen LogP contribution in [0.1, 0.15) is 24.0 Å². The Balaban J connectivity index is 0.000000165. The quantitative estimate of drug-likeness (QED) is 0.826. The molecule has 0 radical (unpaired) electrons. The molecule has 1 aliphatic carbocycles. The van der Waals surface area contributed by atoms with Gasteiger partial charge in [0.05, 0.1) is 6.10 Å². The molecule has 0 bridgehead atoms. The number of halogens is 1. The average molecular weight is 273 g/mol. The van der Waals surface area contributed by atoms with Crippen LogP contribution in [-0.4, -0.2) is 17.7 Å². The van der Waals surface area contributed by atoms with Gasteiger partial charge in [0.15, 0.2) is 0 Å². The maximum Gasteiger partial charge on any atom is 0.126 e. The van der Waals surface area contributed by atoms with Crippen molar-refractivity contribution in [1.82, 2.24) is 4.98 Å². The van der Waals surface area contributed by atoms with Crippen molar-refractivity contribution >= 4 is 0 Å². The van der Waals surface area contributed by atoms with E-state index in [-0.39, 0.29) is 5.82 Å². The monoisotopic (exact) mass is 273 g/mol. The Morgan fingerprint density at radius 2 is 2.10 bits per heavy atom. The van der Waals surface area contributed by atoms with Crippen molar-refractivity contribution in [2.75, 3.05) is 6.61 Å². The van der Waals surface area contributed by atoms with Crippen LogP contribution in [-0.2, 0) is 4.74 Å². The number of aromatic amines is 1. The van der Waals surface area contributed by atoms with Gasteiger partial charge in [0.2, 0.25) is 0 Å². The minimum absolute atomic E-state index is 0.156. The lowest BCUT2D eigenvalue weighted by molar-refractivity contribution is 0.156. The van der Waals surface area contributed by atoms with E-state index in [0.29, 0.717) is 11.7 Å². The van der Waals surface area contributed by atoms with Gasteiger partial charge in [-0.2, -0.15) is 0 Å². The molecule has 2 heterocycles. The first kappa shape index (κ1) is 13.4. The third kappa shape index (κ3) is 2.93. The van der Waals surface area contributed by atoms with Crippen molar-refractivity contribution in [3.05, 3.63) is 47.4 Å². The first-order chi connectivity index (χ1) is 9.63. The van der Waals surface area contributed by atoms with Crippen LogP contribution in [0.4, 0.5) is 4.39 Å². The molecule has 4 rings (SSSR count). The SMILES string of the molecule is C1CC2CC2O1.Cc1c[nH]c(-c2ccc(F)c(C)c2)c1. The zero-order valence-corrected chi connectivity index (χ0v) is 11.9. The summed E-state index contributed by atoms with van der Waals surface area (Å²) < 4.78 is 18.2. The Kier molecular flexibility index (Phi) is 3.62. The van der Waals surface area contributed by atoms with Crippen LogP contribution < -0.4 is 0 Å². The van der Waals surface area contributed by atoms with E-state index in [1.807, 2.05) is 25.3 Å². The van der Waals surface area contributed by atoms with Gasteiger partial charge >= 0.3 is 0 Å². The zero-order chi connectivity index (χ0) is 14.1. The largest absolute Gasteiger partial charge is 0.378 e. The first-order valence-electron chi connectivity index (χ1n) is 7.16. The molecule has 1 aliphatic heterocycles. The van der Waals surface area contributed by atoms with E-state index in [1.165, 1.54) is 24.5 Å². The lowest BCUT2D eigenvalue weighted by Crippen LogP contribution is -1.84. The number of hydrogen-bond donors (Lipinski definition) is 1. The van der Waals surface area contributed by atoms with Crippen LogP contribution in [0.3, 0.4) is 0 Å². The molecule has 20 heavy (non-hydrogen) atoms. The van der Waals surface area contributed by atoms with E-state index in [0.717, 1.165) is 23.8 Å². The predicted molar refractivity (Wildman–Crippen MR) is 78.1 cm³/mol. The zero-order valence-electron chi connectivity index (χ0n) is 11.9. The van der Waals surface area contributed by atoms with Crippen LogP contribution >= 0.6 is 0 Å². The van der Waals surface area contributed by atoms with Crippen molar-refractivity contribution in [2.24, 2.45) is 5.92 Å². The standard InChI is InChI=1S/C12H12FN.C5H8O/c1-8-5-12(14-7-8)10-3-4-11(13)9(2)6-10;1-2-6-5-3-4(1)5/h3-7,14H,1-2H3;4-5H,1-3H2. The van der Waals surface area contributed by atoms with Crippen molar-refractivity contribution < 1.29 is 9.13 Å². The number of aryl methyl sites for hydroxylation is 2. The molecule has 0 spiro atoms. The van der Waals surface area contributed by atoms with Gasteiger partial charge in [-0.1, -0.05) is 0 Å². The second kappa shape index (κ2) is 5.41. The summed E-state index contributed by atoms with van der Waals surface area (Å²) in [6.07, 6.45) is 5.35. The maximum absolute atomic E-state index is 13.0. The Bertz CT molecular complexity index is 597. The smallest absolute Gasteiger partial charge is 0.126 e. The Morgan fingerprint density at radius 1 is 1.25 bits per heavy atom. The molecule has 1 aromatic carbocycles. The van der Waals surface area contributed by atoms with E-state index < -0.39 is 0 Å². The van der Waals surface area contributed by atoms with Crippen molar-refractivity contribution in [2.45, 2.75) is 32.8 Å². The molecule has 106 valence electrons. The van der Waals surface area contributed by atoms with E-state index >= 15 is 0 Å². The number of ether oxygens (including phenoxy) is 1. The third-order valence-corrected chi connectivity index (χ3v) is 3.97. The second-order valence-corrected chi connectivity index (χ2v) is 5.75. The summed E-state index contributed by atoms with van der Waals surface area (Å²) in [4.78, 5) is 3.15. The summed E-state index contributed by atoms with van der Waals surface area (Å²) in [5.74, 6) is 0.835. The number of aromatic nitrogens is 1. The molecule has 1 N–H and O–H groups in total. The maximum atomic E-state index is 13.0. The summed E-state index contributed by atoms with van der Waals surface area (Å²) in [5.41, 5.74) is 3.92. The highest BCUT2D eigenvalue weighted by Crippen LogP contribution is 2.41. The molecule has 0 amide bonds. The van der Waals surface area contributed by atoms with Crippen LogP contribution in [0.15, 0.2) is 30.5 Å². The van der Waals surface area contributed by atoms with Gasteiger partial charge in [-0.3, -0.25) is 0 Å². The Morgan fingerprint density at radius 3 is 2.55 bits per heavy atom. The fourth-order valence-corrected chi connectivity index (χ4v) is 2.58. The normalized spacial score (nSPS) is 22.9. The molecule has 1 saturated heterocycles. The molecule has 3 heteroatoms.